The number of nitrogens with zero attached hydrogens (tertiary/aromatic N) is 3. The standard InChI is InChI=1S/C18H24BN3O2/c1-17(2)18(3,4)24-19(23-17)15-7-5-13(6-8-15)14-9-16(10-14)22-11-20-21-12-22/h5-8,11-12,14,16H,9-10H2,1-4H3. The largest absolute Gasteiger partial charge is 0.494 e. The maximum Gasteiger partial charge on any atom is 0.494 e. The molecule has 2 fully saturated rings. The Morgan fingerprint density at radius 2 is 1.50 bits per heavy atom. The average molecular weight is 325 g/mol. The van der Waals surface area contributed by atoms with Crippen LogP contribution in [0, 0.1) is 0 Å². The predicted molar refractivity (Wildman–Crippen MR) is 93.2 cm³/mol. The van der Waals surface area contributed by atoms with Gasteiger partial charge in [-0.25, -0.2) is 0 Å². The van der Waals surface area contributed by atoms with Crippen molar-refractivity contribution in [3.05, 3.63) is 42.5 Å². The van der Waals surface area contributed by atoms with Gasteiger partial charge >= 0.3 is 7.12 Å². The third-order valence-corrected chi connectivity index (χ3v) is 5.90. The molecule has 0 atom stereocenters. The summed E-state index contributed by atoms with van der Waals surface area (Å²) in [7, 11) is -0.282. The topological polar surface area (TPSA) is 49.2 Å². The Bertz CT molecular complexity index is 690. The van der Waals surface area contributed by atoms with Crippen LogP contribution in [-0.4, -0.2) is 33.1 Å². The molecule has 0 radical (unpaired) electrons. The number of rotatable bonds is 3. The van der Waals surface area contributed by atoms with Crippen LogP contribution in [0.5, 0.6) is 0 Å². The molecule has 1 saturated heterocycles. The lowest BCUT2D eigenvalue weighted by Gasteiger charge is -2.36. The van der Waals surface area contributed by atoms with Crippen molar-refractivity contribution in [1.82, 2.24) is 14.8 Å². The summed E-state index contributed by atoms with van der Waals surface area (Å²) in [4.78, 5) is 0. The van der Waals surface area contributed by atoms with Crippen LogP contribution in [0.1, 0.15) is 58.1 Å². The zero-order valence-electron chi connectivity index (χ0n) is 14.8. The summed E-state index contributed by atoms with van der Waals surface area (Å²) in [6.45, 7) is 8.34. The van der Waals surface area contributed by atoms with Gasteiger partial charge in [0, 0.05) is 6.04 Å². The Kier molecular flexibility index (Phi) is 3.58. The highest BCUT2D eigenvalue weighted by Gasteiger charge is 2.51. The van der Waals surface area contributed by atoms with Gasteiger partial charge in [-0.05, 0) is 57.5 Å². The van der Waals surface area contributed by atoms with Gasteiger partial charge in [-0.3, -0.25) is 0 Å². The molecule has 4 rings (SSSR count). The molecule has 0 spiro atoms. The predicted octanol–water partition coefficient (Wildman–Crippen LogP) is 2.70. The quantitative estimate of drug-likeness (QED) is 0.814. The minimum absolute atomic E-state index is 0.282. The van der Waals surface area contributed by atoms with Crippen LogP contribution in [0.2, 0.25) is 0 Å². The van der Waals surface area contributed by atoms with Crippen molar-refractivity contribution in [2.75, 3.05) is 0 Å². The molecule has 24 heavy (non-hydrogen) atoms. The molecular weight excluding hydrogens is 301 g/mol. The maximum absolute atomic E-state index is 6.12. The molecule has 2 aromatic rings. The molecule has 1 aromatic heterocycles. The minimum Gasteiger partial charge on any atom is -0.399 e. The lowest BCUT2D eigenvalue weighted by molar-refractivity contribution is 0.00578. The molecule has 2 aliphatic rings. The van der Waals surface area contributed by atoms with E-state index in [1.54, 1.807) is 0 Å². The van der Waals surface area contributed by atoms with E-state index >= 15 is 0 Å². The molecule has 1 saturated carbocycles. The van der Waals surface area contributed by atoms with Gasteiger partial charge in [-0.15, -0.1) is 10.2 Å². The SMILES string of the molecule is CC1(C)OB(c2ccc(C3CC(n4cnnc4)C3)cc2)OC1(C)C. The molecule has 6 heteroatoms. The highest BCUT2D eigenvalue weighted by atomic mass is 16.7. The first-order chi connectivity index (χ1) is 11.4. The van der Waals surface area contributed by atoms with Crippen LogP contribution in [0.25, 0.3) is 0 Å². The zero-order valence-corrected chi connectivity index (χ0v) is 14.8. The first kappa shape index (κ1) is 15.8. The van der Waals surface area contributed by atoms with Crippen LogP contribution in [0.15, 0.2) is 36.9 Å². The Morgan fingerprint density at radius 1 is 0.958 bits per heavy atom. The Balaban J connectivity index is 1.41. The van der Waals surface area contributed by atoms with E-state index in [2.05, 4.69) is 66.7 Å². The van der Waals surface area contributed by atoms with E-state index in [1.807, 2.05) is 12.7 Å². The van der Waals surface area contributed by atoms with Gasteiger partial charge in [-0.2, -0.15) is 0 Å². The first-order valence-corrected chi connectivity index (χ1v) is 8.65. The molecular formula is C18H24BN3O2. The van der Waals surface area contributed by atoms with E-state index in [0.29, 0.717) is 12.0 Å². The lowest BCUT2D eigenvalue weighted by atomic mass is 9.73. The Labute approximate surface area is 143 Å². The highest BCUT2D eigenvalue weighted by molar-refractivity contribution is 6.62. The highest BCUT2D eigenvalue weighted by Crippen LogP contribution is 2.44. The molecule has 126 valence electrons. The van der Waals surface area contributed by atoms with Crippen molar-refractivity contribution < 1.29 is 9.31 Å². The number of hydrogen-bond acceptors (Lipinski definition) is 4. The fourth-order valence-electron chi connectivity index (χ4n) is 3.41. The van der Waals surface area contributed by atoms with Gasteiger partial charge in [-0.1, -0.05) is 24.3 Å². The first-order valence-electron chi connectivity index (χ1n) is 8.65. The monoisotopic (exact) mass is 325 g/mol. The summed E-state index contributed by atoms with van der Waals surface area (Å²) in [5.74, 6) is 0.616. The van der Waals surface area contributed by atoms with Crippen molar-refractivity contribution in [3.63, 3.8) is 0 Å². The van der Waals surface area contributed by atoms with E-state index in [4.69, 9.17) is 9.31 Å². The summed E-state index contributed by atoms with van der Waals surface area (Å²) < 4.78 is 14.3. The van der Waals surface area contributed by atoms with Crippen LogP contribution in [-0.2, 0) is 9.31 Å². The Hall–Kier alpha value is -1.66. The summed E-state index contributed by atoms with van der Waals surface area (Å²) in [5, 5.41) is 7.77. The molecule has 1 aliphatic carbocycles. The third kappa shape index (κ3) is 2.58. The minimum atomic E-state index is -0.295. The molecule has 1 aromatic carbocycles. The fraction of sp³-hybridized carbons (Fsp3) is 0.556. The summed E-state index contributed by atoms with van der Waals surface area (Å²) in [6, 6.07) is 9.25. The lowest BCUT2D eigenvalue weighted by Crippen LogP contribution is -2.41. The molecule has 2 heterocycles. The number of aromatic nitrogens is 3. The third-order valence-electron chi connectivity index (χ3n) is 5.90. The van der Waals surface area contributed by atoms with Crippen molar-refractivity contribution >= 4 is 12.6 Å². The normalized spacial score (nSPS) is 27.9. The van der Waals surface area contributed by atoms with Crippen molar-refractivity contribution in [1.29, 1.82) is 0 Å². The second kappa shape index (κ2) is 5.43. The van der Waals surface area contributed by atoms with Crippen molar-refractivity contribution in [3.8, 4) is 0 Å². The van der Waals surface area contributed by atoms with Crippen LogP contribution < -0.4 is 5.46 Å². The van der Waals surface area contributed by atoms with E-state index in [0.717, 1.165) is 18.3 Å². The van der Waals surface area contributed by atoms with E-state index < -0.39 is 0 Å². The van der Waals surface area contributed by atoms with Crippen molar-refractivity contribution in [2.24, 2.45) is 0 Å². The fourth-order valence-corrected chi connectivity index (χ4v) is 3.41. The van der Waals surface area contributed by atoms with E-state index in [9.17, 15) is 0 Å². The average Bonchev–Trinajstić information content (AvgIpc) is 3.05. The molecule has 0 amide bonds. The number of benzene rings is 1. The van der Waals surface area contributed by atoms with Gasteiger partial charge in [0.15, 0.2) is 0 Å². The van der Waals surface area contributed by atoms with Crippen LogP contribution in [0.3, 0.4) is 0 Å². The second-order valence-corrected chi connectivity index (χ2v) is 7.99. The smallest absolute Gasteiger partial charge is 0.399 e. The van der Waals surface area contributed by atoms with Crippen molar-refractivity contribution in [2.45, 2.75) is 63.7 Å². The number of hydrogen-bond donors (Lipinski definition) is 0. The van der Waals surface area contributed by atoms with Gasteiger partial charge in [0.2, 0.25) is 0 Å². The van der Waals surface area contributed by atoms with Gasteiger partial charge in [0.05, 0.1) is 11.2 Å². The maximum atomic E-state index is 6.12. The second-order valence-electron chi connectivity index (χ2n) is 7.99. The van der Waals surface area contributed by atoms with Gasteiger partial charge in [0.1, 0.15) is 12.7 Å². The molecule has 1 aliphatic heterocycles. The van der Waals surface area contributed by atoms with E-state index in [1.165, 1.54) is 5.56 Å². The van der Waals surface area contributed by atoms with E-state index in [-0.39, 0.29) is 18.3 Å². The molecule has 5 nitrogen and oxygen atoms in total. The summed E-state index contributed by atoms with van der Waals surface area (Å²) in [5.41, 5.74) is 1.89. The summed E-state index contributed by atoms with van der Waals surface area (Å²) >= 11 is 0. The zero-order chi connectivity index (χ0) is 16.9. The Morgan fingerprint density at radius 3 is 2.04 bits per heavy atom. The molecule has 0 N–H and O–H groups in total. The summed E-state index contributed by atoms with van der Waals surface area (Å²) in [6.07, 6.45) is 5.91. The molecule has 0 unspecified atom stereocenters. The van der Waals surface area contributed by atoms with Gasteiger partial charge in [0.25, 0.3) is 0 Å². The van der Waals surface area contributed by atoms with Crippen LogP contribution in [0.4, 0.5) is 0 Å². The van der Waals surface area contributed by atoms with Crippen LogP contribution >= 0.6 is 0 Å². The molecule has 0 bridgehead atoms. The van der Waals surface area contributed by atoms with Gasteiger partial charge < -0.3 is 13.9 Å².